The zero-order valence-electron chi connectivity index (χ0n) is 19.0. The Morgan fingerprint density at radius 2 is 1.85 bits per heavy atom. The first-order valence-corrected chi connectivity index (χ1v) is 11.5. The Kier molecular flexibility index (Phi) is 5.88. The Morgan fingerprint density at radius 3 is 2.62 bits per heavy atom. The van der Waals surface area contributed by atoms with Gasteiger partial charge in [-0.2, -0.15) is 0 Å². The highest BCUT2D eigenvalue weighted by molar-refractivity contribution is 6.46. The minimum absolute atomic E-state index is 0.0779. The summed E-state index contributed by atoms with van der Waals surface area (Å²) in [6.45, 7) is 0.183. The fourth-order valence-electron chi connectivity index (χ4n) is 4.98. The first-order chi connectivity index (χ1) is 16.6. The fourth-order valence-corrected chi connectivity index (χ4v) is 4.98. The van der Waals surface area contributed by atoms with Crippen molar-refractivity contribution in [2.24, 2.45) is 0 Å². The predicted octanol–water partition coefficient (Wildman–Crippen LogP) is 4.59. The summed E-state index contributed by atoms with van der Waals surface area (Å²) in [4.78, 5) is 32.2. The summed E-state index contributed by atoms with van der Waals surface area (Å²) in [7, 11) is 1.55. The van der Waals surface area contributed by atoms with Crippen LogP contribution in [0.5, 0.6) is 5.75 Å². The number of carbonyl (C=O) groups is 2. The lowest BCUT2D eigenvalue weighted by atomic mass is 9.88. The van der Waals surface area contributed by atoms with Gasteiger partial charge in [-0.3, -0.25) is 14.6 Å². The molecule has 6 heteroatoms. The quantitative estimate of drug-likeness (QED) is 0.347. The lowest BCUT2D eigenvalue weighted by molar-refractivity contribution is -0.140. The van der Waals surface area contributed by atoms with Crippen molar-refractivity contribution in [3.05, 3.63) is 100 Å². The van der Waals surface area contributed by atoms with Crippen LogP contribution in [0.1, 0.15) is 46.7 Å². The zero-order chi connectivity index (χ0) is 23.7. The molecule has 0 radical (unpaired) electrons. The summed E-state index contributed by atoms with van der Waals surface area (Å²) in [6.07, 6.45) is 7.56. The van der Waals surface area contributed by atoms with Gasteiger partial charge in [-0.25, -0.2) is 0 Å². The number of likely N-dealkylation sites (tertiary alicyclic amines) is 1. The minimum Gasteiger partial charge on any atom is -0.507 e. The van der Waals surface area contributed by atoms with E-state index in [2.05, 4.69) is 4.98 Å². The van der Waals surface area contributed by atoms with E-state index in [1.54, 1.807) is 31.6 Å². The molecule has 0 saturated carbocycles. The molecule has 1 amide bonds. The second kappa shape index (κ2) is 9.14. The van der Waals surface area contributed by atoms with E-state index in [-0.39, 0.29) is 17.9 Å². The van der Waals surface area contributed by atoms with E-state index in [9.17, 15) is 14.7 Å². The van der Waals surface area contributed by atoms with Crippen molar-refractivity contribution in [1.29, 1.82) is 0 Å². The van der Waals surface area contributed by atoms with Crippen LogP contribution in [0.3, 0.4) is 0 Å². The number of carbonyl (C=O) groups excluding carboxylic acids is 2. The average molecular weight is 455 g/mol. The number of fused-ring (bicyclic) bond motifs is 1. The highest BCUT2D eigenvalue weighted by Gasteiger charge is 2.47. The minimum atomic E-state index is -0.785. The maximum absolute atomic E-state index is 13.3. The van der Waals surface area contributed by atoms with Crippen LogP contribution in [0.25, 0.3) is 5.76 Å². The largest absolute Gasteiger partial charge is 0.507 e. The number of hydrogen-bond acceptors (Lipinski definition) is 5. The van der Waals surface area contributed by atoms with Crippen LogP contribution in [0, 0.1) is 0 Å². The van der Waals surface area contributed by atoms with Crippen LogP contribution in [0.15, 0.2) is 72.6 Å². The number of benzene rings is 2. The Balaban J connectivity index is 1.66. The Hall–Kier alpha value is -3.93. The molecule has 3 aromatic rings. The van der Waals surface area contributed by atoms with Gasteiger partial charge in [0.25, 0.3) is 11.7 Å². The average Bonchev–Trinajstić information content (AvgIpc) is 3.13. The zero-order valence-corrected chi connectivity index (χ0v) is 19.0. The van der Waals surface area contributed by atoms with Gasteiger partial charge < -0.3 is 14.7 Å². The Labute approximate surface area is 198 Å². The van der Waals surface area contributed by atoms with Gasteiger partial charge in [0.1, 0.15) is 11.5 Å². The molecule has 1 unspecified atom stereocenters. The summed E-state index contributed by atoms with van der Waals surface area (Å²) in [6, 6.07) is 16.0. The van der Waals surface area contributed by atoms with Gasteiger partial charge >= 0.3 is 0 Å². The molecule has 34 heavy (non-hydrogen) atoms. The SMILES string of the molecule is COc1ccccc1C1/C(=C(\O)c2ccc3c(c2)CCCC3)C(=O)C(=O)N1Cc1cccnc1. The standard InChI is InChI=1S/C28H26N2O4/c1-34-23-11-5-4-10-22(23)25-24(26(31)21-13-12-19-8-2-3-9-20(19)15-21)27(32)28(33)30(25)17-18-7-6-14-29-16-18/h4-7,10-16,25,31H,2-3,8-9,17H2,1H3/b26-24+. The number of ether oxygens (including phenoxy) is 1. The second-order valence-electron chi connectivity index (χ2n) is 8.72. The van der Waals surface area contributed by atoms with Crippen molar-refractivity contribution in [3.63, 3.8) is 0 Å². The summed E-state index contributed by atoms with van der Waals surface area (Å²) < 4.78 is 5.57. The number of para-hydroxylation sites is 1. The van der Waals surface area contributed by atoms with E-state index in [4.69, 9.17) is 4.74 Å². The molecule has 172 valence electrons. The van der Waals surface area contributed by atoms with Crippen molar-refractivity contribution in [2.75, 3.05) is 7.11 Å². The van der Waals surface area contributed by atoms with Crippen molar-refractivity contribution >= 4 is 17.4 Å². The number of nitrogens with zero attached hydrogens (tertiary/aromatic N) is 2. The first kappa shape index (κ1) is 21.9. The van der Waals surface area contributed by atoms with Gasteiger partial charge in [0.2, 0.25) is 0 Å². The van der Waals surface area contributed by atoms with Gasteiger partial charge in [-0.05, 0) is 60.6 Å². The summed E-state index contributed by atoms with van der Waals surface area (Å²) in [5.41, 5.74) is 4.54. The number of aryl methyl sites for hydroxylation is 2. The number of aromatic nitrogens is 1. The molecule has 1 aromatic heterocycles. The molecule has 2 aromatic carbocycles. The molecule has 1 aliphatic carbocycles. The van der Waals surface area contributed by atoms with Crippen LogP contribution in [-0.4, -0.2) is 33.8 Å². The van der Waals surface area contributed by atoms with Crippen LogP contribution in [-0.2, 0) is 29.0 Å². The smallest absolute Gasteiger partial charge is 0.295 e. The number of ketones is 1. The van der Waals surface area contributed by atoms with Crippen LogP contribution < -0.4 is 4.74 Å². The van der Waals surface area contributed by atoms with Crippen molar-refractivity contribution < 1.29 is 19.4 Å². The number of rotatable bonds is 5. The normalized spacial score (nSPS) is 19.2. The van der Waals surface area contributed by atoms with E-state index in [1.807, 2.05) is 42.5 Å². The van der Waals surface area contributed by atoms with Gasteiger partial charge in [-0.1, -0.05) is 36.4 Å². The van der Waals surface area contributed by atoms with Gasteiger partial charge in [-0.15, -0.1) is 0 Å². The first-order valence-electron chi connectivity index (χ1n) is 11.5. The number of aliphatic hydroxyl groups excluding tert-OH is 1. The van der Waals surface area contributed by atoms with E-state index in [1.165, 1.54) is 16.0 Å². The predicted molar refractivity (Wildman–Crippen MR) is 128 cm³/mol. The van der Waals surface area contributed by atoms with Gasteiger partial charge in [0.15, 0.2) is 0 Å². The van der Waals surface area contributed by atoms with Crippen molar-refractivity contribution in [3.8, 4) is 5.75 Å². The number of amides is 1. The van der Waals surface area contributed by atoms with Gasteiger partial charge in [0.05, 0.1) is 18.7 Å². The van der Waals surface area contributed by atoms with E-state index < -0.39 is 17.7 Å². The lowest BCUT2D eigenvalue weighted by Gasteiger charge is -2.26. The number of methoxy groups -OCH3 is 1. The maximum Gasteiger partial charge on any atom is 0.295 e. The third-order valence-corrected chi connectivity index (χ3v) is 6.67. The third-order valence-electron chi connectivity index (χ3n) is 6.67. The van der Waals surface area contributed by atoms with E-state index >= 15 is 0 Å². The van der Waals surface area contributed by atoms with E-state index in [0.29, 0.717) is 16.9 Å². The monoisotopic (exact) mass is 454 g/mol. The van der Waals surface area contributed by atoms with Crippen molar-refractivity contribution in [1.82, 2.24) is 9.88 Å². The van der Waals surface area contributed by atoms with Crippen molar-refractivity contribution in [2.45, 2.75) is 38.3 Å². The van der Waals surface area contributed by atoms with Crippen LogP contribution in [0.2, 0.25) is 0 Å². The maximum atomic E-state index is 13.3. The summed E-state index contributed by atoms with van der Waals surface area (Å²) in [5, 5.41) is 11.4. The Bertz CT molecular complexity index is 1280. The molecule has 1 atom stereocenters. The number of aliphatic hydroxyl groups is 1. The summed E-state index contributed by atoms with van der Waals surface area (Å²) >= 11 is 0. The highest BCUT2D eigenvalue weighted by atomic mass is 16.5. The molecule has 2 heterocycles. The molecule has 5 rings (SSSR count). The lowest BCUT2D eigenvalue weighted by Crippen LogP contribution is -2.29. The van der Waals surface area contributed by atoms with Crippen LogP contribution in [0.4, 0.5) is 0 Å². The molecular formula is C28H26N2O4. The molecule has 0 spiro atoms. The van der Waals surface area contributed by atoms with Crippen LogP contribution >= 0.6 is 0 Å². The van der Waals surface area contributed by atoms with E-state index in [0.717, 1.165) is 31.2 Å². The molecule has 2 aliphatic rings. The molecule has 1 N–H and O–H groups in total. The second-order valence-corrected chi connectivity index (χ2v) is 8.72. The fraction of sp³-hybridized carbons (Fsp3) is 0.250. The highest BCUT2D eigenvalue weighted by Crippen LogP contribution is 2.43. The number of hydrogen-bond donors (Lipinski definition) is 1. The molecule has 0 bridgehead atoms. The third kappa shape index (κ3) is 3.85. The number of pyridine rings is 1. The molecule has 1 saturated heterocycles. The molecule has 6 nitrogen and oxygen atoms in total. The summed E-state index contributed by atoms with van der Waals surface area (Å²) in [5.74, 6) is -0.965. The van der Waals surface area contributed by atoms with Gasteiger partial charge in [0, 0.05) is 30.1 Å². The molecular weight excluding hydrogens is 428 g/mol. The molecule has 1 fully saturated rings. The number of Topliss-reactive ketones (excluding diaryl/α,β-unsaturated/α-hetero) is 1. The molecule has 1 aliphatic heterocycles. The topological polar surface area (TPSA) is 79.7 Å². The Morgan fingerprint density at radius 1 is 1.06 bits per heavy atom.